The molecule has 3 heterocycles. The topological polar surface area (TPSA) is 93.4 Å². The van der Waals surface area contributed by atoms with Crippen LogP contribution in [0.3, 0.4) is 0 Å². The molecule has 0 amide bonds. The van der Waals surface area contributed by atoms with E-state index in [1.165, 1.54) is 6.42 Å². The quantitative estimate of drug-likeness (QED) is 0.386. The molecule has 2 aliphatic rings. The van der Waals surface area contributed by atoms with E-state index < -0.39 is 5.41 Å². The van der Waals surface area contributed by atoms with Gasteiger partial charge in [-0.05, 0) is 77.4 Å². The number of aromatic amines is 1. The van der Waals surface area contributed by atoms with Crippen LogP contribution in [0.5, 0.6) is 0 Å². The van der Waals surface area contributed by atoms with Crippen molar-refractivity contribution in [3.8, 4) is 11.4 Å². The van der Waals surface area contributed by atoms with E-state index in [2.05, 4.69) is 95.6 Å². The van der Waals surface area contributed by atoms with Crippen molar-refractivity contribution in [3.05, 3.63) is 76.8 Å². The normalized spacial score (nSPS) is 22.1. The average Bonchev–Trinajstić information content (AvgIpc) is 3.52. The largest absolute Gasteiger partial charge is 0.368 e. The summed E-state index contributed by atoms with van der Waals surface area (Å²) in [5.74, 6) is 2.81. The molecule has 1 aromatic carbocycles. The van der Waals surface area contributed by atoms with Crippen molar-refractivity contribution >= 4 is 0 Å². The summed E-state index contributed by atoms with van der Waals surface area (Å²) in [6.07, 6.45) is 14.7. The summed E-state index contributed by atoms with van der Waals surface area (Å²) in [5, 5.41) is 17.6. The highest BCUT2D eigenvalue weighted by molar-refractivity contribution is 5.57. The second kappa shape index (κ2) is 10.8. The van der Waals surface area contributed by atoms with E-state index in [0.29, 0.717) is 36.0 Å². The van der Waals surface area contributed by atoms with Crippen LogP contribution in [-0.4, -0.2) is 29.8 Å². The van der Waals surface area contributed by atoms with E-state index in [-0.39, 0.29) is 11.7 Å². The van der Waals surface area contributed by atoms with Crippen LogP contribution in [0.15, 0.2) is 59.8 Å². The van der Waals surface area contributed by atoms with Gasteiger partial charge in [-0.2, -0.15) is 0 Å². The molecule has 0 saturated heterocycles. The zero-order chi connectivity index (χ0) is 26.9. The Balaban J connectivity index is 1.58. The standard InChI is InChI=1S/C30H41N7O/c1-6-7-11-24-18-36(27-25(20(2)3)17-26(27)21(4)5)29(38)37(24)19-30(12-14-31-15-13-30)23-10-8-9-22(16-23)28-32-34-35-33-28/h8-10,12-16,18,20-21,25-27,31H,6-7,11,17,19H2,1-5H3,(H,32,33,34,35). The van der Waals surface area contributed by atoms with E-state index in [4.69, 9.17) is 0 Å². The fourth-order valence-corrected chi connectivity index (χ4v) is 6.34. The number of allylic oxidation sites excluding steroid dienone is 2. The molecule has 1 saturated carbocycles. The first-order valence-electron chi connectivity index (χ1n) is 14.1. The SMILES string of the molecule is CCCCc1cn(C2C(C(C)C)CC2C(C)C)c(=O)n1CC1(c2cccc(-c3nnn[nH]3)c2)C=CNC=C1. The summed E-state index contributed by atoms with van der Waals surface area (Å²) in [4.78, 5) is 14.3. The van der Waals surface area contributed by atoms with Crippen molar-refractivity contribution in [1.82, 2.24) is 35.1 Å². The number of H-pyrrole nitrogens is 1. The number of imidazole rings is 1. The van der Waals surface area contributed by atoms with Gasteiger partial charge >= 0.3 is 5.69 Å². The van der Waals surface area contributed by atoms with Crippen LogP contribution >= 0.6 is 0 Å². The van der Waals surface area contributed by atoms with Crippen molar-refractivity contribution in [3.63, 3.8) is 0 Å². The summed E-state index contributed by atoms with van der Waals surface area (Å²) < 4.78 is 4.15. The number of hydrogen-bond donors (Lipinski definition) is 2. The van der Waals surface area contributed by atoms with Gasteiger partial charge in [-0.15, -0.1) is 5.10 Å². The van der Waals surface area contributed by atoms with Crippen molar-refractivity contribution in [2.24, 2.45) is 23.7 Å². The van der Waals surface area contributed by atoms with Crippen LogP contribution in [0.1, 0.15) is 71.2 Å². The summed E-state index contributed by atoms with van der Waals surface area (Å²) >= 11 is 0. The molecule has 0 radical (unpaired) electrons. The van der Waals surface area contributed by atoms with Crippen molar-refractivity contribution in [2.45, 2.75) is 78.3 Å². The van der Waals surface area contributed by atoms with Crippen molar-refractivity contribution in [2.75, 3.05) is 0 Å². The second-order valence-corrected chi connectivity index (χ2v) is 11.7. The van der Waals surface area contributed by atoms with Gasteiger partial charge in [-0.25, -0.2) is 9.89 Å². The molecule has 1 aliphatic heterocycles. The Labute approximate surface area is 225 Å². The van der Waals surface area contributed by atoms with E-state index in [9.17, 15) is 4.79 Å². The second-order valence-electron chi connectivity index (χ2n) is 11.7. The molecule has 0 spiro atoms. The zero-order valence-electron chi connectivity index (χ0n) is 23.3. The number of nitrogens with zero attached hydrogens (tertiary/aromatic N) is 5. The number of rotatable bonds is 10. The summed E-state index contributed by atoms with van der Waals surface area (Å²) in [5.41, 5.74) is 2.76. The lowest BCUT2D eigenvalue weighted by molar-refractivity contribution is 0.0118. The molecular formula is C30H41N7O. The smallest absolute Gasteiger partial charge is 0.328 e. The third-order valence-electron chi connectivity index (χ3n) is 8.72. The number of dihydropyridines is 1. The van der Waals surface area contributed by atoms with E-state index >= 15 is 0 Å². The number of aromatic nitrogens is 6. The highest BCUT2D eigenvalue weighted by atomic mass is 16.1. The zero-order valence-corrected chi connectivity index (χ0v) is 23.3. The lowest BCUT2D eigenvalue weighted by Gasteiger charge is -2.49. The van der Waals surface area contributed by atoms with E-state index in [0.717, 1.165) is 36.1 Å². The van der Waals surface area contributed by atoms with Crippen LogP contribution in [-0.2, 0) is 18.4 Å². The maximum Gasteiger partial charge on any atom is 0.328 e. The molecule has 1 fully saturated rings. The minimum atomic E-state index is -0.486. The fourth-order valence-electron chi connectivity index (χ4n) is 6.34. The molecule has 2 unspecified atom stereocenters. The lowest BCUT2D eigenvalue weighted by Crippen LogP contribution is -2.47. The molecule has 8 nitrogen and oxygen atoms in total. The van der Waals surface area contributed by atoms with Gasteiger partial charge in [0.1, 0.15) is 0 Å². The molecular weight excluding hydrogens is 474 g/mol. The van der Waals surface area contributed by atoms with Crippen LogP contribution < -0.4 is 11.0 Å². The number of tetrazole rings is 1. The Kier molecular flexibility index (Phi) is 7.41. The Morgan fingerprint density at radius 1 is 1.11 bits per heavy atom. The molecule has 5 rings (SSSR count). The number of hydrogen-bond acceptors (Lipinski definition) is 5. The molecule has 0 bridgehead atoms. The van der Waals surface area contributed by atoms with Crippen LogP contribution in [0.25, 0.3) is 11.4 Å². The Morgan fingerprint density at radius 2 is 1.84 bits per heavy atom. The van der Waals surface area contributed by atoms with Gasteiger partial charge < -0.3 is 5.32 Å². The predicted octanol–water partition coefficient (Wildman–Crippen LogP) is 5.23. The van der Waals surface area contributed by atoms with Crippen LogP contribution in [0.4, 0.5) is 0 Å². The van der Waals surface area contributed by atoms with E-state index in [1.54, 1.807) is 0 Å². The van der Waals surface area contributed by atoms with Crippen molar-refractivity contribution < 1.29 is 0 Å². The molecule has 2 aromatic heterocycles. The van der Waals surface area contributed by atoms with Crippen LogP contribution in [0.2, 0.25) is 0 Å². The first-order chi connectivity index (χ1) is 18.3. The maximum atomic E-state index is 14.3. The Morgan fingerprint density at radius 3 is 2.47 bits per heavy atom. The number of unbranched alkanes of at least 4 members (excludes halogenated alkanes) is 1. The molecule has 38 heavy (non-hydrogen) atoms. The highest BCUT2D eigenvalue weighted by Gasteiger charge is 2.46. The number of benzene rings is 1. The van der Waals surface area contributed by atoms with Gasteiger partial charge in [0.15, 0.2) is 5.82 Å². The lowest BCUT2D eigenvalue weighted by atomic mass is 9.61. The third kappa shape index (κ3) is 4.76. The highest BCUT2D eigenvalue weighted by Crippen LogP contribution is 2.51. The Hall–Kier alpha value is -3.42. The van der Waals surface area contributed by atoms with Gasteiger partial charge in [0.05, 0.1) is 5.41 Å². The van der Waals surface area contributed by atoms with Gasteiger partial charge in [-0.1, -0.05) is 71.4 Å². The molecule has 8 heteroatoms. The summed E-state index contributed by atoms with van der Waals surface area (Å²) in [7, 11) is 0. The summed E-state index contributed by atoms with van der Waals surface area (Å²) in [6, 6.07) is 8.53. The van der Waals surface area contributed by atoms with Crippen molar-refractivity contribution in [1.29, 1.82) is 0 Å². The Bertz CT molecular complexity index is 1320. The minimum Gasteiger partial charge on any atom is -0.368 e. The molecule has 1 aliphatic carbocycles. The van der Waals surface area contributed by atoms with Gasteiger partial charge in [-0.3, -0.25) is 9.13 Å². The molecule has 3 aromatic rings. The van der Waals surface area contributed by atoms with Gasteiger partial charge in [0.2, 0.25) is 0 Å². The molecule has 202 valence electrons. The third-order valence-corrected chi connectivity index (χ3v) is 8.72. The first kappa shape index (κ1) is 26.2. The molecule has 2 atom stereocenters. The maximum absolute atomic E-state index is 14.3. The fraction of sp³-hybridized carbons (Fsp3) is 0.533. The minimum absolute atomic E-state index is 0.118. The van der Waals surface area contributed by atoms with Crippen LogP contribution in [0, 0.1) is 23.7 Å². The monoisotopic (exact) mass is 515 g/mol. The van der Waals surface area contributed by atoms with E-state index in [1.807, 2.05) is 29.1 Å². The predicted molar refractivity (Wildman–Crippen MR) is 150 cm³/mol. The number of aryl methyl sites for hydroxylation is 1. The van der Waals surface area contributed by atoms with Gasteiger partial charge in [0.25, 0.3) is 0 Å². The first-order valence-corrected chi connectivity index (χ1v) is 14.1. The van der Waals surface area contributed by atoms with Gasteiger partial charge in [0, 0.05) is 30.0 Å². The average molecular weight is 516 g/mol. The number of nitrogens with one attached hydrogen (secondary N) is 2. The molecule has 2 N–H and O–H groups in total. The summed E-state index contributed by atoms with van der Waals surface area (Å²) in [6.45, 7) is 11.9.